The summed E-state index contributed by atoms with van der Waals surface area (Å²) in [6, 6.07) is 19.1. The first kappa shape index (κ1) is 28.8. The maximum Gasteiger partial charge on any atom is 0.338 e. The number of fused-ring (bicyclic) bond motifs is 2. The maximum absolute atomic E-state index is 14.1. The van der Waals surface area contributed by atoms with Crippen molar-refractivity contribution >= 4 is 50.2 Å². The van der Waals surface area contributed by atoms with Crippen molar-refractivity contribution in [2.45, 2.75) is 26.4 Å². The summed E-state index contributed by atoms with van der Waals surface area (Å²) in [6.07, 6.45) is 3.87. The van der Waals surface area contributed by atoms with Gasteiger partial charge in [-0.15, -0.1) is 0 Å². The highest BCUT2D eigenvalue weighted by molar-refractivity contribution is 9.10. The van der Waals surface area contributed by atoms with Crippen LogP contribution in [0.25, 0.3) is 17.0 Å². The Morgan fingerprint density at radius 3 is 2.63 bits per heavy atom. The fourth-order valence-electron chi connectivity index (χ4n) is 5.41. The molecule has 3 heterocycles. The molecule has 0 radical (unpaired) electrons. The standard InChI is InChI=1S/C33H27BrFN3O4S/c1-4-42-32(40)29-19(2)36-33-38(30(29)21-11-14-27(41-3)25(34)15-21)31(39)28(43-33)16-22-18-37(26-8-6-5-7-24(22)26)17-20-9-12-23(35)13-10-20/h5-16,18,30H,4,17H2,1-3H3/b28-16+/t30-/m1/s1. The number of carbonyl (C=O) groups is 1. The zero-order valence-corrected chi connectivity index (χ0v) is 26.0. The van der Waals surface area contributed by atoms with Gasteiger partial charge in [0.2, 0.25) is 0 Å². The molecule has 0 saturated carbocycles. The molecule has 5 aromatic rings. The predicted octanol–water partition coefficient (Wildman–Crippen LogP) is 5.71. The molecule has 1 aliphatic heterocycles. The van der Waals surface area contributed by atoms with E-state index < -0.39 is 12.0 Å². The zero-order valence-electron chi connectivity index (χ0n) is 23.6. The van der Waals surface area contributed by atoms with Crippen molar-refractivity contribution in [2.75, 3.05) is 13.7 Å². The lowest BCUT2D eigenvalue weighted by Crippen LogP contribution is -2.39. The largest absolute Gasteiger partial charge is 0.496 e. The normalized spacial score (nSPS) is 15.0. The summed E-state index contributed by atoms with van der Waals surface area (Å²) in [4.78, 5) is 32.5. The van der Waals surface area contributed by atoms with E-state index in [9.17, 15) is 14.0 Å². The van der Waals surface area contributed by atoms with Crippen molar-refractivity contribution in [3.05, 3.63) is 131 Å². The lowest BCUT2D eigenvalue weighted by molar-refractivity contribution is -0.139. The number of rotatable bonds is 7. The van der Waals surface area contributed by atoms with Crippen molar-refractivity contribution in [2.24, 2.45) is 4.99 Å². The van der Waals surface area contributed by atoms with Crippen LogP contribution in [0.3, 0.4) is 0 Å². The number of carbonyl (C=O) groups excluding carboxylic acids is 1. The van der Waals surface area contributed by atoms with Gasteiger partial charge in [0.25, 0.3) is 5.56 Å². The van der Waals surface area contributed by atoms with Crippen molar-refractivity contribution in [1.29, 1.82) is 0 Å². The van der Waals surface area contributed by atoms with E-state index in [-0.39, 0.29) is 18.0 Å². The van der Waals surface area contributed by atoms with Gasteiger partial charge in [-0.2, -0.15) is 0 Å². The van der Waals surface area contributed by atoms with Crippen LogP contribution >= 0.6 is 27.3 Å². The van der Waals surface area contributed by atoms with E-state index in [2.05, 4.69) is 25.5 Å². The third-order valence-corrected chi connectivity index (χ3v) is 8.98. The predicted molar refractivity (Wildman–Crippen MR) is 169 cm³/mol. The van der Waals surface area contributed by atoms with Gasteiger partial charge in [-0.05, 0) is 77.3 Å². The van der Waals surface area contributed by atoms with Crippen molar-refractivity contribution in [3.8, 4) is 5.75 Å². The number of benzene rings is 3. The highest BCUT2D eigenvalue weighted by atomic mass is 79.9. The van der Waals surface area contributed by atoms with Crippen LogP contribution in [-0.4, -0.2) is 28.8 Å². The first-order chi connectivity index (χ1) is 20.8. The molecule has 0 spiro atoms. The van der Waals surface area contributed by atoms with E-state index in [1.165, 1.54) is 23.5 Å². The number of methoxy groups -OCH3 is 1. The first-order valence-corrected chi connectivity index (χ1v) is 15.3. The summed E-state index contributed by atoms with van der Waals surface area (Å²) in [5.41, 5.74) is 4.09. The lowest BCUT2D eigenvalue weighted by Gasteiger charge is -2.25. The maximum atomic E-state index is 14.1. The Labute approximate surface area is 259 Å². The van der Waals surface area contributed by atoms with Crippen LogP contribution in [0.4, 0.5) is 4.39 Å². The van der Waals surface area contributed by atoms with Crippen LogP contribution in [0.2, 0.25) is 0 Å². The molecule has 0 saturated heterocycles. The Hall–Kier alpha value is -4.28. The zero-order chi connectivity index (χ0) is 30.2. The minimum atomic E-state index is -0.737. The van der Waals surface area contributed by atoms with Gasteiger partial charge in [0.15, 0.2) is 4.80 Å². The summed E-state index contributed by atoms with van der Waals surface area (Å²) in [7, 11) is 1.58. The molecule has 0 fully saturated rings. The quantitative estimate of drug-likeness (QED) is 0.210. The van der Waals surface area contributed by atoms with Gasteiger partial charge < -0.3 is 14.0 Å². The van der Waals surface area contributed by atoms with Crippen LogP contribution in [0.15, 0.2) is 98.5 Å². The Morgan fingerprint density at radius 2 is 1.91 bits per heavy atom. The van der Waals surface area contributed by atoms with Crippen LogP contribution < -0.4 is 19.6 Å². The molecule has 2 aromatic heterocycles. The Morgan fingerprint density at radius 1 is 1.14 bits per heavy atom. The number of nitrogens with zero attached hydrogens (tertiary/aromatic N) is 3. The summed E-state index contributed by atoms with van der Waals surface area (Å²) < 4.78 is 29.1. The number of hydrogen-bond acceptors (Lipinski definition) is 6. The molecule has 1 aliphatic rings. The number of hydrogen-bond donors (Lipinski definition) is 0. The topological polar surface area (TPSA) is 74.8 Å². The van der Waals surface area contributed by atoms with Gasteiger partial charge in [0.1, 0.15) is 11.6 Å². The van der Waals surface area contributed by atoms with Gasteiger partial charge >= 0.3 is 5.97 Å². The smallest absolute Gasteiger partial charge is 0.338 e. The van der Waals surface area contributed by atoms with Crippen LogP contribution in [0.1, 0.15) is 36.6 Å². The molecule has 218 valence electrons. The molecule has 0 amide bonds. The van der Waals surface area contributed by atoms with E-state index in [0.717, 1.165) is 22.0 Å². The number of aromatic nitrogens is 2. The summed E-state index contributed by atoms with van der Waals surface area (Å²) in [6.45, 7) is 4.25. The van der Waals surface area contributed by atoms with E-state index in [4.69, 9.17) is 9.47 Å². The molecule has 43 heavy (non-hydrogen) atoms. The monoisotopic (exact) mass is 659 g/mol. The number of esters is 1. The molecule has 1 atom stereocenters. The van der Waals surface area contributed by atoms with E-state index in [1.54, 1.807) is 43.7 Å². The molecular formula is C33H27BrFN3O4S. The molecule has 0 unspecified atom stereocenters. The molecule has 7 nitrogen and oxygen atoms in total. The second-order valence-corrected chi connectivity index (χ2v) is 11.9. The summed E-state index contributed by atoms with van der Waals surface area (Å²) >= 11 is 4.82. The number of para-hydroxylation sites is 1. The highest BCUT2D eigenvalue weighted by Gasteiger charge is 2.33. The van der Waals surface area contributed by atoms with Gasteiger partial charge in [-0.3, -0.25) is 9.36 Å². The molecule has 0 N–H and O–H groups in total. The second-order valence-electron chi connectivity index (χ2n) is 10.1. The average molecular weight is 661 g/mol. The second kappa shape index (κ2) is 11.8. The molecule has 3 aromatic carbocycles. The third kappa shape index (κ3) is 5.36. The number of allylic oxidation sites excluding steroid dienone is 1. The number of ether oxygens (including phenoxy) is 2. The summed E-state index contributed by atoms with van der Waals surface area (Å²) in [5, 5.41) is 0.981. The Kier molecular flexibility index (Phi) is 7.89. The van der Waals surface area contributed by atoms with E-state index in [1.807, 2.05) is 48.7 Å². The minimum absolute atomic E-state index is 0.195. The van der Waals surface area contributed by atoms with Gasteiger partial charge in [-0.25, -0.2) is 14.2 Å². The van der Waals surface area contributed by atoms with Gasteiger partial charge in [0, 0.05) is 29.2 Å². The van der Waals surface area contributed by atoms with Gasteiger partial charge in [-0.1, -0.05) is 47.7 Å². The van der Waals surface area contributed by atoms with E-state index >= 15 is 0 Å². The minimum Gasteiger partial charge on any atom is -0.496 e. The van der Waals surface area contributed by atoms with E-state index in [0.29, 0.717) is 42.9 Å². The number of halogens is 2. The van der Waals surface area contributed by atoms with Crippen LogP contribution in [0, 0.1) is 5.82 Å². The van der Waals surface area contributed by atoms with Crippen molar-refractivity contribution in [1.82, 2.24) is 9.13 Å². The summed E-state index contributed by atoms with van der Waals surface area (Å²) in [5.74, 6) is -0.163. The fraction of sp³-hybridized carbons (Fsp3) is 0.182. The molecule has 0 aliphatic carbocycles. The third-order valence-electron chi connectivity index (χ3n) is 7.38. The van der Waals surface area contributed by atoms with Crippen molar-refractivity contribution < 1.29 is 18.7 Å². The van der Waals surface area contributed by atoms with Crippen molar-refractivity contribution in [3.63, 3.8) is 0 Å². The number of thiazole rings is 1. The highest BCUT2D eigenvalue weighted by Crippen LogP contribution is 2.35. The lowest BCUT2D eigenvalue weighted by atomic mass is 9.96. The van der Waals surface area contributed by atoms with Crippen LogP contribution in [0.5, 0.6) is 5.75 Å². The molecule has 6 rings (SSSR count). The Balaban J connectivity index is 1.51. The molecule has 10 heteroatoms. The molecule has 0 bridgehead atoms. The van der Waals surface area contributed by atoms with Crippen LogP contribution in [-0.2, 0) is 16.1 Å². The Bertz CT molecular complexity index is 2090. The molecular weight excluding hydrogens is 633 g/mol. The SMILES string of the molecule is CCOC(=O)C1=C(C)N=c2s/c(=C/c3cn(Cc4ccc(F)cc4)c4ccccc34)c(=O)n2[C@@H]1c1ccc(OC)c(Br)c1. The first-order valence-electron chi connectivity index (χ1n) is 13.6. The average Bonchev–Trinajstić information content (AvgIpc) is 3.49. The van der Waals surface area contributed by atoms with Gasteiger partial charge in [0.05, 0.1) is 40.0 Å². The fourth-order valence-corrected chi connectivity index (χ4v) is 7.00.